The van der Waals surface area contributed by atoms with Crippen molar-refractivity contribution in [3.63, 3.8) is 0 Å². The standard InChI is InChI=1S/C18H31N5O3/c1-12(2)8-15-20-16(26-21-15)11-22(5)17(24)9-14-18(25)19-6-7-23(14)10-13(3)4/h12-14H,6-11H2,1-5H3,(H,19,25)/t14-/m0/s1. The van der Waals surface area contributed by atoms with Crippen LogP contribution in [0.15, 0.2) is 4.52 Å². The van der Waals surface area contributed by atoms with Crippen molar-refractivity contribution in [1.29, 1.82) is 0 Å². The average Bonchev–Trinajstić information content (AvgIpc) is 2.96. The second kappa shape index (κ2) is 9.12. The Labute approximate surface area is 155 Å². The van der Waals surface area contributed by atoms with Gasteiger partial charge in [0.15, 0.2) is 5.82 Å². The van der Waals surface area contributed by atoms with Crippen LogP contribution in [0.3, 0.4) is 0 Å². The molecule has 0 bridgehead atoms. The molecule has 0 saturated carbocycles. The zero-order valence-corrected chi connectivity index (χ0v) is 16.5. The highest BCUT2D eigenvalue weighted by Gasteiger charge is 2.32. The molecular weight excluding hydrogens is 334 g/mol. The molecule has 1 aromatic heterocycles. The molecule has 26 heavy (non-hydrogen) atoms. The van der Waals surface area contributed by atoms with Crippen LogP contribution in [0.25, 0.3) is 0 Å². The Morgan fingerprint density at radius 3 is 2.73 bits per heavy atom. The minimum absolute atomic E-state index is 0.0735. The average molecular weight is 365 g/mol. The predicted molar refractivity (Wildman–Crippen MR) is 97.1 cm³/mol. The molecule has 0 aromatic carbocycles. The predicted octanol–water partition coefficient (Wildman–Crippen LogP) is 1.07. The maximum Gasteiger partial charge on any atom is 0.246 e. The summed E-state index contributed by atoms with van der Waals surface area (Å²) in [6.45, 7) is 10.9. The van der Waals surface area contributed by atoms with E-state index in [2.05, 4.69) is 48.1 Å². The van der Waals surface area contributed by atoms with E-state index in [0.29, 0.717) is 30.1 Å². The lowest BCUT2D eigenvalue weighted by atomic mass is 10.1. The summed E-state index contributed by atoms with van der Waals surface area (Å²) in [5, 5.41) is 6.80. The number of hydrogen-bond donors (Lipinski definition) is 1. The summed E-state index contributed by atoms with van der Waals surface area (Å²) in [5.74, 6) is 1.78. The number of rotatable bonds is 8. The van der Waals surface area contributed by atoms with Gasteiger partial charge in [0.2, 0.25) is 17.7 Å². The van der Waals surface area contributed by atoms with Crippen molar-refractivity contribution in [2.24, 2.45) is 11.8 Å². The molecule has 1 N–H and O–H groups in total. The molecule has 2 amide bonds. The molecule has 0 aliphatic carbocycles. The number of piperazine rings is 1. The Hall–Kier alpha value is -1.96. The molecule has 1 saturated heterocycles. The summed E-state index contributed by atoms with van der Waals surface area (Å²) < 4.78 is 5.23. The topological polar surface area (TPSA) is 91.6 Å². The molecule has 8 heteroatoms. The van der Waals surface area contributed by atoms with Gasteiger partial charge in [0, 0.05) is 33.1 Å². The Morgan fingerprint density at radius 1 is 1.35 bits per heavy atom. The van der Waals surface area contributed by atoms with E-state index in [1.54, 1.807) is 11.9 Å². The molecule has 0 spiro atoms. The van der Waals surface area contributed by atoms with E-state index in [9.17, 15) is 9.59 Å². The number of carbonyl (C=O) groups excluding carboxylic acids is 2. The molecule has 1 fully saturated rings. The highest BCUT2D eigenvalue weighted by Crippen LogP contribution is 2.14. The molecule has 1 atom stereocenters. The van der Waals surface area contributed by atoms with Crippen LogP contribution in [0.2, 0.25) is 0 Å². The van der Waals surface area contributed by atoms with E-state index in [4.69, 9.17) is 4.52 Å². The number of nitrogens with zero attached hydrogens (tertiary/aromatic N) is 4. The van der Waals surface area contributed by atoms with E-state index in [1.807, 2.05) is 0 Å². The first-order valence-electron chi connectivity index (χ1n) is 9.33. The van der Waals surface area contributed by atoms with Crippen molar-refractivity contribution < 1.29 is 14.1 Å². The number of nitrogens with one attached hydrogen (secondary N) is 1. The van der Waals surface area contributed by atoms with Gasteiger partial charge in [-0.25, -0.2) is 0 Å². The summed E-state index contributed by atoms with van der Waals surface area (Å²) in [7, 11) is 1.70. The minimum atomic E-state index is -0.416. The first-order chi connectivity index (χ1) is 12.3. The first-order valence-corrected chi connectivity index (χ1v) is 9.33. The summed E-state index contributed by atoms with van der Waals surface area (Å²) in [5.41, 5.74) is 0. The summed E-state index contributed by atoms with van der Waals surface area (Å²) in [4.78, 5) is 32.8. The fraction of sp³-hybridized carbons (Fsp3) is 0.778. The lowest BCUT2D eigenvalue weighted by molar-refractivity contribution is -0.138. The van der Waals surface area contributed by atoms with Crippen molar-refractivity contribution >= 4 is 11.8 Å². The smallest absolute Gasteiger partial charge is 0.246 e. The van der Waals surface area contributed by atoms with Crippen molar-refractivity contribution in [1.82, 2.24) is 25.3 Å². The molecule has 8 nitrogen and oxygen atoms in total. The largest absolute Gasteiger partial charge is 0.353 e. The molecule has 0 unspecified atom stereocenters. The Balaban J connectivity index is 1.94. The van der Waals surface area contributed by atoms with E-state index >= 15 is 0 Å². The normalized spacial score (nSPS) is 18.4. The second-order valence-electron chi connectivity index (χ2n) is 7.85. The van der Waals surface area contributed by atoms with Gasteiger partial charge in [-0.05, 0) is 11.8 Å². The molecule has 2 heterocycles. The molecule has 146 valence electrons. The van der Waals surface area contributed by atoms with Gasteiger partial charge in [0.25, 0.3) is 0 Å². The van der Waals surface area contributed by atoms with Crippen LogP contribution < -0.4 is 5.32 Å². The highest BCUT2D eigenvalue weighted by molar-refractivity contribution is 5.88. The Bertz CT molecular complexity index is 614. The quantitative estimate of drug-likeness (QED) is 0.741. The third-order valence-electron chi connectivity index (χ3n) is 4.31. The van der Waals surface area contributed by atoms with E-state index in [1.165, 1.54) is 0 Å². The molecule has 1 aliphatic heterocycles. The second-order valence-corrected chi connectivity index (χ2v) is 7.85. The number of hydrogen-bond acceptors (Lipinski definition) is 6. The first kappa shape index (κ1) is 20.4. The van der Waals surface area contributed by atoms with Gasteiger partial charge in [-0.2, -0.15) is 4.98 Å². The van der Waals surface area contributed by atoms with Crippen LogP contribution in [0.5, 0.6) is 0 Å². The fourth-order valence-electron chi connectivity index (χ4n) is 3.09. The van der Waals surface area contributed by atoms with Crippen LogP contribution in [0.4, 0.5) is 0 Å². The molecule has 2 rings (SSSR count). The molecule has 0 radical (unpaired) electrons. The summed E-state index contributed by atoms with van der Waals surface area (Å²) in [6.07, 6.45) is 0.898. The monoisotopic (exact) mass is 365 g/mol. The maximum absolute atomic E-state index is 12.6. The zero-order chi connectivity index (χ0) is 19.3. The van der Waals surface area contributed by atoms with Crippen LogP contribution in [-0.4, -0.2) is 64.5 Å². The fourth-order valence-corrected chi connectivity index (χ4v) is 3.09. The van der Waals surface area contributed by atoms with Crippen molar-refractivity contribution in [2.75, 3.05) is 26.7 Å². The van der Waals surface area contributed by atoms with Crippen molar-refractivity contribution in [2.45, 2.75) is 53.1 Å². The van der Waals surface area contributed by atoms with Gasteiger partial charge >= 0.3 is 0 Å². The van der Waals surface area contributed by atoms with E-state index in [0.717, 1.165) is 19.5 Å². The van der Waals surface area contributed by atoms with Gasteiger partial charge in [-0.15, -0.1) is 0 Å². The van der Waals surface area contributed by atoms with Gasteiger partial charge in [-0.1, -0.05) is 32.9 Å². The number of amides is 2. The minimum Gasteiger partial charge on any atom is -0.353 e. The molecular formula is C18H31N5O3. The Kier molecular flexibility index (Phi) is 7.14. The lowest BCUT2D eigenvalue weighted by Gasteiger charge is -2.36. The van der Waals surface area contributed by atoms with Crippen molar-refractivity contribution in [3.05, 3.63) is 11.7 Å². The lowest BCUT2D eigenvalue weighted by Crippen LogP contribution is -2.57. The van der Waals surface area contributed by atoms with Crippen LogP contribution >= 0.6 is 0 Å². The number of aromatic nitrogens is 2. The van der Waals surface area contributed by atoms with Gasteiger partial charge in [-0.3, -0.25) is 14.5 Å². The Morgan fingerprint density at radius 2 is 2.08 bits per heavy atom. The van der Waals surface area contributed by atoms with Crippen LogP contribution in [0.1, 0.15) is 45.8 Å². The SMILES string of the molecule is CC(C)Cc1noc(CN(C)C(=O)C[C@H]2C(=O)NCCN2CC(C)C)n1. The van der Waals surface area contributed by atoms with Crippen molar-refractivity contribution in [3.8, 4) is 0 Å². The molecule has 1 aromatic rings. The summed E-state index contributed by atoms with van der Waals surface area (Å²) >= 11 is 0. The van der Waals surface area contributed by atoms with Gasteiger partial charge < -0.3 is 14.7 Å². The van der Waals surface area contributed by atoms with Gasteiger partial charge in [0.1, 0.15) is 0 Å². The maximum atomic E-state index is 12.6. The third-order valence-corrected chi connectivity index (χ3v) is 4.31. The van der Waals surface area contributed by atoms with E-state index in [-0.39, 0.29) is 24.8 Å². The third kappa shape index (κ3) is 5.79. The van der Waals surface area contributed by atoms with Crippen LogP contribution in [-0.2, 0) is 22.6 Å². The number of carbonyl (C=O) groups is 2. The summed E-state index contributed by atoms with van der Waals surface area (Å²) in [6, 6.07) is -0.416. The van der Waals surface area contributed by atoms with Gasteiger partial charge in [0.05, 0.1) is 19.0 Å². The highest BCUT2D eigenvalue weighted by atomic mass is 16.5. The van der Waals surface area contributed by atoms with Crippen LogP contribution in [0, 0.1) is 11.8 Å². The molecule has 1 aliphatic rings. The van der Waals surface area contributed by atoms with E-state index < -0.39 is 6.04 Å². The zero-order valence-electron chi connectivity index (χ0n) is 16.5.